The molecule has 1 aliphatic heterocycles. The smallest absolute Gasteiger partial charge is 0.253 e. The number of amides is 1. The first-order valence-corrected chi connectivity index (χ1v) is 7.37. The maximum atomic E-state index is 12.4. The van der Waals surface area contributed by atoms with Crippen LogP contribution in [0.1, 0.15) is 10.4 Å². The molecular formula is C15H15ClN4O3. The lowest BCUT2D eigenvalue weighted by Gasteiger charge is -2.16. The SMILES string of the molecule is Nc1c(C(=O)N[C@H]2COC[C@H]2O)cc(Cl)nc1-c1cccnc1. The predicted molar refractivity (Wildman–Crippen MR) is 85.0 cm³/mol. The molecule has 3 heterocycles. The van der Waals surface area contributed by atoms with Crippen LogP contribution in [0, 0.1) is 0 Å². The third-order valence-electron chi connectivity index (χ3n) is 3.57. The summed E-state index contributed by atoms with van der Waals surface area (Å²) in [6.45, 7) is 0.444. The molecule has 1 saturated heterocycles. The molecule has 4 N–H and O–H groups in total. The van der Waals surface area contributed by atoms with Gasteiger partial charge in [-0.2, -0.15) is 0 Å². The topological polar surface area (TPSA) is 110 Å². The standard InChI is InChI=1S/C15H15ClN4O3/c16-12-4-9(15(22)19-10-6-23-7-11(10)21)13(17)14(20-12)8-2-1-3-18-5-8/h1-5,10-11,21H,6-7,17H2,(H,19,22)/t10-,11+/m0/s1. The van der Waals surface area contributed by atoms with E-state index >= 15 is 0 Å². The van der Waals surface area contributed by atoms with Crippen LogP contribution >= 0.6 is 11.6 Å². The van der Waals surface area contributed by atoms with Crippen LogP contribution in [0.3, 0.4) is 0 Å². The van der Waals surface area contributed by atoms with Gasteiger partial charge in [-0.05, 0) is 18.2 Å². The van der Waals surface area contributed by atoms with Crippen LogP contribution in [0.4, 0.5) is 5.69 Å². The Bertz CT molecular complexity index is 726. The lowest BCUT2D eigenvalue weighted by Crippen LogP contribution is -2.42. The van der Waals surface area contributed by atoms with E-state index in [9.17, 15) is 9.90 Å². The summed E-state index contributed by atoms with van der Waals surface area (Å²) < 4.78 is 5.11. The number of aliphatic hydroxyl groups excluding tert-OH is 1. The summed E-state index contributed by atoms with van der Waals surface area (Å²) in [6.07, 6.45) is 2.47. The second-order valence-corrected chi connectivity index (χ2v) is 5.57. The van der Waals surface area contributed by atoms with E-state index in [0.717, 1.165) is 0 Å². The molecule has 23 heavy (non-hydrogen) atoms. The zero-order valence-corrected chi connectivity index (χ0v) is 12.8. The van der Waals surface area contributed by atoms with Gasteiger partial charge in [-0.3, -0.25) is 9.78 Å². The molecular weight excluding hydrogens is 320 g/mol. The minimum absolute atomic E-state index is 0.145. The van der Waals surface area contributed by atoms with Crippen LogP contribution in [0.25, 0.3) is 11.3 Å². The summed E-state index contributed by atoms with van der Waals surface area (Å²) in [5.41, 5.74) is 7.54. The molecule has 0 spiro atoms. The van der Waals surface area contributed by atoms with E-state index in [1.165, 1.54) is 6.07 Å². The Kier molecular flexibility index (Phi) is 4.42. The van der Waals surface area contributed by atoms with Crippen molar-refractivity contribution in [1.29, 1.82) is 0 Å². The van der Waals surface area contributed by atoms with Gasteiger partial charge in [-0.15, -0.1) is 0 Å². The lowest BCUT2D eigenvalue weighted by molar-refractivity contribution is 0.0887. The third-order valence-corrected chi connectivity index (χ3v) is 3.77. The first-order chi connectivity index (χ1) is 11.1. The van der Waals surface area contributed by atoms with Crippen molar-refractivity contribution in [3.63, 3.8) is 0 Å². The van der Waals surface area contributed by atoms with E-state index in [2.05, 4.69) is 15.3 Å². The molecule has 1 aliphatic rings. The highest BCUT2D eigenvalue weighted by Crippen LogP contribution is 2.28. The van der Waals surface area contributed by atoms with Crippen molar-refractivity contribution in [2.24, 2.45) is 0 Å². The van der Waals surface area contributed by atoms with E-state index < -0.39 is 18.1 Å². The number of hydrogen-bond donors (Lipinski definition) is 3. The molecule has 0 unspecified atom stereocenters. The maximum Gasteiger partial charge on any atom is 0.253 e. The van der Waals surface area contributed by atoms with Crippen LogP contribution in [-0.4, -0.2) is 46.3 Å². The normalized spacial score (nSPS) is 20.4. The summed E-state index contributed by atoms with van der Waals surface area (Å²) in [7, 11) is 0. The summed E-state index contributed by atoms with van der Waals surface area (Å²) in [5.74, 6) is -0.438. The number of pyridine rings is 2. The largest absolute Gasteiger partial charge is 0.396 e. The van der Waals surface area contributed by atoms with Crippen molar-refractivity contribution in [1.82, 2.24) is 15.3 Å². The molecule has 8 heteroatoms. The Morgan fingerprint density at radius 1 is 1.48 bits per heavy atom. The van der Waals surface area contributed by atoms with Gasteiger partial charge < -0.3 is 20.9 Å². The second kappa shape index (κ2) is 6.49. The van der Waals surface area contributed by atoms with E-state index in [1.807, 2.05) is 0 Å². The summed E-state index contributed by atoms with van der Waals surface area (Å²) in [4.78, 5) is 20.6. The van der Waals surface area contributed by atoms with Crippen molar-refractivity contribution in [2.45, 2.75) is 12.1 Å². The van der Waals surface area contributed by atoms with Crippen LogP contribution in [-0.2, 0) is 4.74 Å². The third kappa shape index (κ3) is 3.26. The molecule has 0 radical (unpaired) electrons. The molecule has 1 fully saturated rings. The molecule has 120 valence electrons. The number of aromatic nitrogens is 2. The highest BCUT2D eigenvalue weighted by Gasteiger charge is 2.29. The van der Waals surface area contributed by atoms with Gasteiger partial charge in [0.05, 0.1) is 42.3 Å². The Morgan fingerprint density at radius 2 is 2.30 bits per heavy atom. The maximum absolute atomic E-state index is 12.4. The average molecular weight is 335 g/mol. The minimum atomic E-state index is -0.740. The fraction of sp³-hybridized carbons (Fsp3) is 0.267. The van der Waals surface area contributed by atoms with E-state index in [0.29, 0.717) is 11.3 Å². The summed E-state index contributed by atoms with van der Waals surface area (Å²) in [6, 6.07) is 4.44. The number of anilines is 1. The van der Waals surface area contributed by atoms with E-state index in [4.69, 9.17) is 22.1 Å². The molecule has 7 nitrogen and oxygen atoms in total. The minimum Gasteiger partial charge on any atom is -0.396 e. The van der Waals surface area contributed by atoms with Crippen LogP contribution in [0.5, 0.6) is 0 Å². The quantitative estimate of drug-likeness (QED) is 0.718. The zero-order valence-electron chi connectivity index (χ0n) is 12.1. The number of halogens is 1. The van der Waals surface area contributed by atoms with Crippen molar-refractivity contribution >= 4 is 23.2 Å². The lowest BCUT2D eigenvalue weighted by atomic mass is 10.1. The van der Waals surface area contributed by atoms with Crippen LogP contribution in [0.15, 0.2) is 30.6 Å². The highest BCUT2D eigenvalue weighted by atomic mass is 35.5. The fourth-order valence-corrected chi connectivity index (χ4v) is 2.56. The van der Waals surface area contributed by atoms with Crippen molar-refractivity contribution in [2.75, 3.05) is 18.9 Å². The van der Waals surface area contributed by atoms with E-state index in [-0.39, 0.29) is 29.6 Å². The number of rotatable bonds is 3. The summed E-state index contributed by atoms with van der Waals surface area (Å²) in [5, 5.41) is 12.6. The van der Waals surface area contributed by atoms with Gasteiger partial charge >= 0.3 is 0 Å². The van der Waals surface area contributed by atoms with Gasteiger partial charge in [0.25, 0.3) is 5.91 Å². The van der Waals surface area contributed by atoms with Crippen LogP contribution in [0.2, 0.25) is 5.15 Å². The number of nitrogens with one attached hydrogen (secondary N) is 1. The first kappa shape index (κ1) is 15.7. The number of nitrogens with two attached hydrogens (primary N) is 1. The van der Waals surface area contributed by atoms with Gasteiger partial charge in [0.15, 0.2) is 0 Å². The monoisotopic (exact) mass is 334 g/mol. The molecule has 2 atom stereocenters. The fourth-order valence-electron chi connectivity index (χ4n) is 2.36. The number of nitrogen functional groups attached to an aromatic ring is 1. The van der Waals surface area contributed by atoms with Crippen molar-refractivity contribution in [3.05, 3.63) is 41.3 Å². The summed E-state index contributed by atoms with van der Waals surface area (Å²) >= 11 is 6.02. The van der Waals surface area contributed by atoms with Gasteiger partial charge in [-0.1, -0.05) is 11.6 Å². The Balaban J connectivity index is 1.93. The average Bonchev–Trinajstić information content (AvgIpc) is 2.95. The van der Waals surface area contributed by atoms with Crippen molar-refractivity contribution < 1.29 is 14.6 Å². The molecule has 2 aromatic heterocycles. The van der Waals surface area contributed by atoms with Gasteiger partial charge in [-0.25, -0.2) is 4.98 Å². The number of carbonyl (C=O) groups excluding carboxylic acids is 1. The molecule has 3 rings (SSSR count). The number of carbonyl (C=O) groups is 1. The zero-order chi connectivity index (χ0) is 16.4. The Morgan fingerprint density at radius 3 is 2.96 bits per heavy atom. The second-order valence-electron chi connectivity index (χ2n) is 5.18. The van der Waals surface area contributed by atoms with Gasteiger partial charge in [0.1, 0.15) is 5.15 Å². The first-order valence-electron chi connectivity index (χ1n) is 6.99. The molecule has 0 bridgehead atoms. The molecule has 1 amide bonds. The molecule has 0 aliphatic carbocycles. The molecule has 2 aromatic rings. The van der Waals surface area contributed by atoms with Gasteiger partial charge in [0, 0.05) is 18.0 Å². The van der Waals surface area contributed by atoms with E-state index in [1.54, 1.807) is 24.5 Å². The van der Waals surface area contributed by atoms with Crippen molar-refractivity contribution in [3.8, 4) is 11.3 Å². The molecule has 0 saturated carbocycles. The number of nitrogens with zero attached hydrogens (tertiary/aromatic N) is 2. The number of hydrogen-bond acceptors (Lipinski definition) is 6. The Hall–Kier alpha value is -2.22. The number of ether oxygens (including phenoxy) is 1. The van der Waals surface area contributed by atoms with Crippen LogP contribution < -0.4 is 11.1 Å². The van der Waals surface area contributed by atoms with Gasteiger partial charge in [0.2, 0.25) is 0 Å². The highest BCUT2D eigenvalue weighted by molar-refractivity contribution is 6.30. The number of aliphatic hydroxyl groups is 1. The predicted octanol–water partition coefficient (Wildman–Crippen LogP) is 0.869. The Labute approximate surface area is 137 Å². The molecule has 0 aromatic carbocycles.